The van der Waals surface area contributed by atoms with Gasteiger partial charge < -0.3 is 20.4 Å². The number of aromatic hydroxyl groups is 3. The highest BCUT2D eigenvalue weighted by Crippen LogP contribution is 2.37. The first-order chi connectivity index (χ1) is 6.02. The molecule has 0 bridgehead atoms. The lowest BCUT2D eigenvalue weighted by Crippen LogP contribution is -1.97. The van der Waals surface area contributed by atoms with E-state index in [1.165, 1.54) is 6.07 Å². The first kappa shape index (κ1) is 9.18. The van der Waals surface area contributed by atoms with E-state index in [0.717, 1.165) is 6.07 Å². The smallest absolute Gasteiger partial charge is 0.312 e. The van der Waals surface area contributed by atoms with Crippen LogP contribution in [0.2, 0.25) is 0 Å². The number of carboxylic acid groups (broad SMARTS) is 1. The molecule has 4 N–H and O–H groups in total. The van der Waals surface area contributed by atoms with Crippen molar-refractivity contribution in [1.29, 1.82) is 0 Å². The quantitative estimate of drug-likeness (QED) is 0.499. The third-order valence-electron chi connectivity index (χ3n) is 1.44. The summed E-state index contributed by atoms with van der Waals surface area (Å²) >= 11 is 0. The number of carboxylic acids is 1. The standard InChI is InChI=1S/C8H7O5/c9-5-2-1-4(3-6(10)11)7(12)8(5)13/h1-3,9,12-13H,(H,10,11). The molecule has 5 heteroatoms. The van der Waals surface area contributed by atoms with Gasteiger partial charge in [-0.1, -0.05) is 6.07 Å². The maximum absolute atomic E-state index is 10.2. The van der Waals surface area contributed by atoms with Crippen LogP contribution in [0.25, 0.3) is 0 Å². The predicted octanol–water partition coefficient (Wildman–Crippen LogP) is 0.440. The second kappa shape index (κ2) is 3.22. The van der Waals surface area contributed by atoms with Gasteiger partial charge in [0.05, 0.1) is 0 Å². The summed E-state index contributed by atoms with van der Waals surface area (Å²) in [7, 11) is 0. The van der Waals surface area contributed by atoms with Gasteiger partial charge in [-0.3, -0.25) is 4.79 Å². The van der Waals surface area contributed by atoms with Gasteiger partial charge in [-0.05, 0) is 6.07 Å². The summed E-state index contributed by atoms with van der Waals surface area (Å²) < 4.78 is 0. The molecule has 0 heterocycles. The van der Waals surface area contributed by atoms with Crippen LogP contribution in [0.3, 0.4) is 0 Å². The van der Waals surface area contributed by atoms with E-state index >= 15 is 0 Å². The zero-order valence-corrected chi connectivity index (χ0v) is 6.43. The molecule has 0 fully saturated rings. The fourth-order valence-corrected chi connectivity index (χ4v) is 0.834. The number of hydrogen-bond donors (Lipinski definition) is 4. The highest BCUT2D eigenvalue weighted by molar-refractivity contribution is 5.83. The zero-order chi connectivity index (χ0) is 10.0. The van der Waals surface area contributed by atoms with Crippen LogP contribution in [0.1, 0.15) is 5.56 Å². The van der Waals surface area contributed by atoms with Crippen LogP contribution in [0.15, 0.2) is 12.1 Å². The maximum Gasteiger partial charge on any atom is 0.312 e. The molecule has 5 nitrogen and oxygen atoms in total. The molecule has 0 unspecified atom stereocenters. The second-order valence-corrected chi connectivity index (χ2v) is 2.35. The molecule has 0 atom stereocenters. The Hall–Kier alpha value is -1.91. The minimum Gasteiger partial charge on any atom is -0.504 e. The van der Waals surface area contributed by atoms with Gasteiger partial charge in [-0.2, -0.15) is 0 Å². The molecule has 13 heavy (non-hydrogen) atoms. The lowest BCUT2D eigenvalue weighted by molar-refractivity contribution is -0.132. The normalized spacial score (nSPS) is 9.85. The molecule has 1 radical (unpaired) electrons. The molecule has 0 aliphatic carbocycles. The van der Waals surface area contributed by atoms with E-state index in [9.17, 15) is 4.79 Å². The van der Waals surface area contributed by atoms with Crippen LogP contribution in [0.4, 0.5) is 0 Å². The van der Waals surface area contributed by atoms with Crippen molar-refractivity contribution < 1.29 is 25.2 Å². The van der Waals surface area contributed by atoms with Gasteiger partial charge >= 0.3 is 5.97 Å². The summed E-state index contributed by atoms with van der Waals surface area (Å²) in [6.45, 7) is 0. The molecule has 1 aromatic rings. The summed E-state index contributed by atoms with van der Waals surface area (Å²) in [5, 5.41) is 35.3. The van der Waals surface area contributed by atoms with E-state index in [4.69, 9.17) is 20.4 Å². The summed E-state index contributed by atoms with van der Waals surface area (Å²) in [4.78, 5) is 10.2. The van der Waals surface area contributed by atoms with Crippen molar-refractivity contribution in [1.82, 2.24) is 0 Å². The van der Waals surface area contributed by atoms with Crippen LogP contribution in [0.5, 0.6) is 17.2 Å². The number of hydrogen-bond acceptors (Lipinski definition) is 4. The molecule has 1 aromatic carbocycles. The third-order valence-corrected chi connectivity index (χ3v) is 1.44. The van der Waals surface area contributed by atoms with Crippen LogP contribution >= 0.6 is 0 Å². The lowest BCUT2D eigenvalue weighted by Gasteiger charge is -2.04. The van der Waals surface area contributed by atoms with Crippen molar-refractivity contribution in [2.45, 2.75) is 0 Å². The Bertz CT molecular complexity index is 345. The SMILES string of the molecule is O=C(O)[CH]c1ccc(O)c(O)c1O. The first-order valence-corrected chi connectivity index (χ1v) is 3.34. The highest BCUT2D eigenvalue weighted by Gasteiger charge is 2.13. The van der Waals surface area contributed by atoms with Gasteiger partial charge in [0.15, 0.2) is 11.5 Å². The summed E-state index contributed by atoms with van der Waals surface area (Å²) in [5.74, 6) is -3.13. The van der Waals surface area contributed by atoms with Gasteiger partial charge in [-0.25, -0.2) is 0 Å². The molecule has 0 aliphatic rings. The fourth-order valence-electron chi connectivity index (χ4n) is 0.834. The van der Waals surface area contributed by atoms with Crippen LogP contribution in [-0.2, 0) is 4.79 Å². The van der Waals surface area contributed by atoms with E-state index in [1.54, 1.807) is 0 Å². The minimum atomic E-state index is -1.25. The van der Waals surface area contributed by atoms with Crippen LogP contribution in [0, 0.1) is 6.42 Å². The van der Waals surface area contributed by atoms with Crippen molar-refractivity contribution in [3.8, 4) is 17.2 Å². The topological polar surface area (TPSA) is 98.0 Å². The Kier molecular flexibility index (Phi) is 2.27. The van der Waals surface area contributed by atoms with Gasteiger partial charge in [0.25, 0.3) is 0 Å². The molecular formula is C8H7O5. The monoisotopic (exact) mass is 183 g/mol. The number of phenolic OH excluding ortho intramolecular Hbond substituents is 3. The Morgan fingerprint density at radius 2 is 1.77 bits per heavy atom. The number of carbonyl (C=O) groups is 1. The average molecular weight is 183 g/mol. The number of rotatable bonds is 2. The van der Waals surface area contributed by atoms with E-state index in [1.807, 2.05) is 0 Å². The Labute approximate surface area is 73.5 Å². The highest BCUT2D eigenvalue weighted by atomic mass is 16.4. The molecule has 69 valence electrons. The van der Waals surface area contributed by atoms with Crippen molar-refractivity contribution in [2.24, 2.45) is 0 Å². The summed E-state index contributed by atoms with van der Waals surface area (Å²) in [6, 6.07) is 2.27. The average Bonchev–Trinajstić information content (AvgIpc) is 2.06. The van der Waals surface area contributed by atoms with Gasteiger partial charge in [0.2, 0.25) is 5.75 Å². The summed E-state index contributed by atoms with van der Waals surface area (Å²) in [6.07, 6.45) is 0.717. The molecule has 0 aliphatic heterocycles. The first-order valence-electron chi connectivity index (χ1n) is 3.34. The van der Waals surface area contributed by atoms with Crippen molar-refractivity contribution >= 4 is 5.97 Å². The molecule has 0 aromatic heterocycles. The van der Waals surface area contributed by atoms with Crippen molar-refractivity contribution in [3.05, 3.63) is 24.1 Å². The van der Waals surface area contributed by atoms with Crippen LogP contribution < -0.4 is 0 Å². The molecule has 0 saturated heterocycles. The molecule has 0 saturated carbocycles. The molecule has 0 amide bonds. The van der Waals surface area contributed by atoms with Gasteiger partial charge in [0.1, 0.15) is 6.42 Å². The van der Waals surface area contributed by atoms with Crippen LogP contribution in [-0.4, -0.2) is 26.4 Å². The van der Waals surface area contributed by atoms with E-state index in [-0.39, 0.29) is 5.56 Å². The Balaban J connectivity index is 3.10. The van der Waals surface area contributed by atoms with Crippen molar-refractivity contribution in [2.75, 3.05) is 0 Å². The molecule has 1 rings (SSSR count). The number of benzene rings is 1. The Morgan fingerprint density at radius 1 is 1.15 bits per heavy atom. The van der Waals surface area contributed by atoms with E-state index in [0.29, 0.717) is 6.42 Å². The summed E-state index contributed by atoms with van der Waals surface area (Å²) in [5.41, 5.74) is -0.0669. The number of aliphatic carboxylic acids is 1. The minimum absolute atomic E-state index is 0.0669. The zero-order valence-electron chi connectivity index (χ0n) is 6.43. The van der Waals surface area contributed by atoms with E-state index in [2.05, 4.69) is 0 Å². The van der Waals surface area contributed by atoms with Gasteiger partial charge in [-0.15, -0.1) is 0 Å². The molecular weight excluding hydrogens is 176 g/mol. The fraction of sp³-hybridized carbons (Fsp3) is 0. The second-order valence-electron chi connectivity index (χ2n) is 2.35. The third kappa shape index (κ3) is 1.81. The van der Waals surface area contributed by atoms with E-state index < -0.39 is 23.2 Å². The molecule has 0 spiro atoms. The largest absolute Gasteiger partial charge is 0.504 e. The predicted molar refractivity (Wildman–Crippen MR) is 42.5 cm³/mol. The number of phenols is 3. The maximum atomic E-state index is 10.2. The Morgan fingerprint density at radius 3 is 2.31 bits per heavy atom. The van der Waals surface area contributed by atoms with Crippen molar-refractivity contribution in [3.63, 3.8) is 0 Å². The lowest BCUT2D eigenvalue weighted by atomic mass is 10.1. The van der Waals surface area contributed by atoms with Gasteiger partial charge in [0, 0.05) is 5.56 Å².